The lowest BCUT2D eigenvalue weighted by molar-refractivity contribution is 0.352. The molecule has 0 amide bonds. The summed E-state index contributed by atoms with van der Waals surface area (Å²) in [5.74, 6) is 0.135. The van der Waals surface area contributed by atoms with Crippen LogP contribution < -0.4 is 0 Å². The van der Waals surface area contributed by atoms with Crippen LogP contribution in [0.5, 0.6) is 0 Å². The van der Waals surface area contributed by atoms with E-state index in [0.717, 1.165) is 0 Å². The molecule has 0 N–H and O–H groups in total. The van der Waals surface area contributed by atoms with E-state index >= 15 is 0 Å². The molecule has 0 spiro atoms. The van der Waals surface area contributed by atoms with E-state index < -0.39 is 25.9 Å². The number of rotatable bonds is 4. The molecule has 114 valence electrons. The van der Waals surface area contributed by atoms with Crippen LogP contribution >= 0.6 is 0 Å². The van der Waals surface area contributed by atoms with Gasteiger partial charge in [-0.3, -0.25) is 0 Å². The maximum absolute atomic E-state index is 12.7. The second kappa shape index (κ2) is 5.12. The maximum atomic E-state index is 12.7. The first kappa shape index (κ1) is 15.5. The van der Waals surface area contributed by atoms with Crippen molar-refractivity contribution in [1.82, 2.24) is 9.46 Å². The van der Waals surface area contributed by atoms with E-state index in [1.165, 1.54) is 11.2 Å². The van der Waals surface area contributed by atoms with E-state index in [9.17, 15) is 16.8 Å². The molecule has 1 aromatic rings. The average molecular weight is 322 g/mol. The zero-order valence-corrected chi connectivity index (χ0v) is 13.3. The summed E-state index contributed by atoms with van der Waals surface area (Å²) in [6, 6.07) is -0.510. The van der Waals surface area contributed by atoms with Crippen molar-refractivity contribution in [1.29, 1.82) is 0 Å². The van der Waals surface area contributed by atoms with Crippen molar-refractivity contribution in [3.8, 4) is 0 Å². The second-order valence-electron chi connectivity index (χ2n) is 4.92. The molecule has 0 bridgehead atoms. The summed E-state index contributed by atoms with van der Waals surface area (Å²) in [7, 11) is -6.94. The van der Waals surface area contributed by atoms with E-state index in [1.807, 2.05) is 0 Å². The summed E-state index contributed by atoms with van der Waals surface area (Å²) in [5.41, 5.74) is 0.293. The van der Waals surface area contributed by atoms with Gasteiger partial charge in [0, 0.05) is 12.6 Å². The smallest absolute Gasteiger partial charge is 0.248 e. The minimum Gasteiger partial charge on any atom is -0.360 e. The molecular weight excluding hydrogens is 304 g/mol. The lowest BCUT2D eigenvalue weighted by atomic mass is 10.3. The van der Waals surface area contributed by atoms with Gasteiger partial charge in [-0.1, -0.05) is 12.1 Å². The number of hydrogen-bond acceptors (Lipinski definition) is 6. The number of nitrogens with zero attached hydrogens (tertiary/aromatic N) is 2. The number of aromatic nitrogens is 1. The molecule has 2 heterocycles. The fraction of sp³-hybridized carbons (Fsp3) is 0.727. The number of sulfonamides is 1. The Morgan fingerprint density at radius 1 is 1.40 bits per heavy atom. The minimum absolute atomic E-state index is 0.0330. The molecule has 2 rings (SSSR count). The highest BCUT2D eigenvalue weighted by Gasteiger charge is 2.40. The Balaban J connectivity index is 2.42. The molecule has 1 fully saturated rings. The molecular formula is C11H18N2O5S2. The highest BCUT2D eigenvalue weighted by Crippen LogP contribution is 2.28. The Kier molecular flexibility index (Phi) is 3.96. The SMILES string of the molecule is CCN([C@@H]1CCS(=O)(=O)C1)S(=O)(=O)c1c(C)noc1C. The Bertz CT molecular complexity index is 686. The molecule has 1 aliphatic rings. The molecule has 0 unspecified atom stereocenters. The Morgan fingerprint density at radius 2 is 2.05 bits per heavy atom. The molecule has 9 heteroatoms. The third kappa shape index (κ3) is 2.61. The molecule has 0 aromatic carbocycles. The van der Waals surface area contributed by atoms with Crippen molar-refractivity contribution in [3.05, 3.63) is 11.5 Å². The van der Waals surface area contributed by atoms with Crippen molar-refractivity contribution < 1.29 is 21.4 Å². The van der Waals surface area contributed by atoms with E-state index in [1.54, 1.807) is 13.8 Å². The van der Waals surface area contributed by atoms with Gasteiger partial charge in [0.2, 0.25) is 10.0 Å². The van der Waals surface area contributed by atoms with Crippen molar-refractivity contribution in [2.75, 3.05) is 18.1 Å². The maximum Gasteiger partial charge on any atom is 0.248 e. The first-order valence-corrected chi connectivity index (χ1v) is 9.60. The van der Waals surface area contributed by atoms with E-state index in [4.69, 9.17) is 4.52 Å². The van der Waals surface area contributed by atoms with Crippen LogP contribution in [0, 0.1) is 13.8 Å². The lowest BCUT2D eigenvalue weighted by Gasteiger charge is -2.25. The van der Waals surface area contributed by atoms with Gasteiger partial charge in [0.1, 0.15) is 10.6 Å². The monoisotopic (exact) mass is 322 g/mol. The van der Waals surface area contributed by atoms with Crippen molar-refractivity contribution in [2.45, 2.75) is 38.1 Å². The van der Waals surface area contributed by atoms with Crippen molar-refractivity contribution in [3.63, 3.8) is 0 Å². The summed E-state index contributed by atoms with van der Waals surface area (Å²) in [6.45, 7) is 5.00. The fourth-order valence-electron chi connectivity index (χ4n) is 2.59. The Morgan fingerprint density at radius 3 is 2.45 bits per heavy atom. The molecule has 1 atom stereocenters. The summed E-state index contributed by atoms with van der Waals surface area (Å²) in [4.78, 5) is 0.0450. The average Bonchev–Trinajstić information content (AvgIpc) is 2.83. The van der Waals surface area contributed by atoms with E-state index in [0.29, 0.717) is 12.1 Å². The van der Waals surface area contributed by atoms with Gasteiger partial charge in [-0.05, 0) is 20.3 Å². The van der Waals surface area contributed by atoms with Crippen LogP contribution in [0.2, 0.25) is 0 Å². The Labute approximate surface area is 118 Å². The number of hydrogen-bond donors (Lipinski definition) is 0. The standard InChI is InChI=1S/C11H18N2O5S2/c1-4-13(10-5-6-19(14,15)7-10)20(16,17)11-8(2)12-18-9(11)3/h10H,4-7H2,1-3H3/t10-/m1/s1. The van der Waals surface area contributed by atoms with Crippen LogP contribution in [0.25, 0.3) is 0 Å². The van der Waals surface area contributed by atoms with Gasteiger partial charge < -0.3 is 4.52 Å². The highest BCUT2D eigenvalue weighted by atomic mass is 32.2. The Hall–Kier alpha value is -0.930. The summed E-state index contributed by atoms with van der Waals surface area (Å²) in [6.07, 6.45) is 0.332. The van der Waals surface area contributed by atoms with E-state index in [2.05, 4.69) is 5.16 Å². The van der Waals surface area contributed by atoms with Crippen LogP contribution in [0.15, 0.2) is 9.42 Å². The largest absolute Gasteiger partial charge is 0.360 e. The topological polar surface area (TPSA) is 97.6 Å². The molecule has 1 aliphatic heterocycles. The predicted octanol–water partition coefficient (Wildman–Crippen LogP) is 0.489. The van der Waals surface area contributed by atoms with Gasteiger partial charge in [0.15, 0.2) is 15.6 Å². The van der Waals surface area contributed by atoms with Gasteiger partial charge in [-0.2, -0.15) is 4.31 Å². The van der Waals surface area contributed by atoms with Crippen LogP contribution in [0.3, 0.4) is 0 Å². The van der Waals surface area contributed by atoms with Gasteiger partial charge in [-0.15, -0.1) is 0 Å². The van der Waals surface area contributed by atoms with Crippen LogP contribution in [0.1, 0.15) is 24.8 Å². The molecule has 20 heavy (non-hydrogen) atoms. The number of aryl methyl sites for hydroxylation is 2. The normalized spacial score (nSPS) is 22.5. The van der Waals surface area contributed by atoms with Gasteiger partial charge >= 0.3 is 0 Å². The molecule has 7 nitrogen and oxygen atoms in total. The van der Waals surface area contributed by atoms with Crippen LogP contribution in [-0.2, 0) is 19.9 Å². The molecule has 0 radical (unpaired) electrons. The highest BCUT2D eigenvalue weighted by molar-refractivity contribution is 7.92. The van der Waals surface area contributed by atoms with Crippen LogP contribution in [0.4, 0.5) is 0 Å². The summed E-state index contributed by atoms with van der Waals surface area (Å²) < 4.78 is 54.6. The molecule has 1 saturated heterocycles. The zero-order valence-electron chi connectivity index (χ0n) is 11.7. The quantitative estimate of drug-likeness (QED) is 0.800. The zero-order chi connectivity index (χ0) is 15.1. The van der Waals surface area contributed by atoms with Gasteiger partial charge in [0.25, 0.3) is 0 Å². The van der Waals surface area contributed by atoms with Crippen LogP contribution in [-0.4, -0.2) is 50.4 Å². The minimum atomic E-state index is -3.79. The molecule has 0 saturated carbocycles. The first-order chi connectivity index (χ1) is 9.19. The fourth-order valence-corrected chi connectivity index (χ4v) is 6.37. The van der Waals surface area contributed by atoms with Gasteiger partial charge in [0.05, 0.1) is 11.5 Å². The predicted molar refractivity (Wildman–Crippen MR) is 72.6 cm³/mol. The van der Waals surface area contributed by atoms with E-state index in [-0.39, 0.29) is 28.7 Å². The molecule has 0 aliphatic carbocycles. The number of sulfone groups is 1. The van der Waals surface area contributed by atoms with Crippen molar-refractivity contribution >= 4 is 19.9 Å². The summed E-state index contributed by atoms with van der Waals surface area (Å²) in [5, 5.41) is 3.66. The lowest BCUT2D eigenvalue weighted by Crippen LogP contribution is -2.41. The third-order valence-corrected chi connectivity index (χ3v) is 7.48. The molecule has 1 aromatic heterocycles. The second-order valence-corrected chi connectivity index (χ2v) is 8.97. The summed E-state index contributed by atoms with van der Waals surface area (Å²) >= 11 is 0. The van der Waals surface area contributed by atoms with Crippen molar-refractivity contribution in [2.24, 2.45) is 0 Å². The van der Waals surface area contributed by atoms with Gasteiger partial charge in [-0.25, -0.2) is 16.8 Å². The third-order valence-electron chi connectivity index (χ3n) is 3.46. The first-order valence-electron chi connectivity index (χ1n) is 6.34.